The SMILES string of the molecule is NC(=O)c1cccc(C(N)=O)c1.O=C(O)C(F)(F)F. The first-order valence-electron chi connectivity index (χ1n) is 4.55. The van der Waals surface area contributed by atoms with Crippen LogP contribution in [0.1, 0.15) is 20.7 Å². The lowest BCUT2D eigenvalue weighted by molar-refractivity contribution is -0.192. The number of carbonyl (C=O) groups excluding carboxylic acids is 2. The molecule has 0 saturated heterocycles. The number of hydrogen-bond donors (Lipinski definition) is 3. The summed E-state index contributed by atoms with van der Waals surface area (Å²) < 4.78 is 31.7. The van der Waals surface area contributed by atoms with E-state index in [-0.39, 0.29) is 11.1 Å². The van der Waals surface area contributed by atoms with E-state index < -0.39 is 24.0 Å². The molecule has 0 fully saturated rings. The van der Waals surface area contributed by atoms with Gasteiger partial charge in [-0.3, -0.25) is 9.59 Å². The average molecular weight is 278 g/mol. The molecular weight excluding hydrogens is 269 g/mol. The van der Waals surface area contributed by atoms with E-state index in [9.17, 15) is 22.8 Å². The van der Waals surface area contributed by atoms with E-state index in [2.05, 4.69) is 0 Å². The summed E-state index contributed by atoms with van der Waals surface area (Å²) >= 11 is 0. The van der Waals surface area contributed by atoms with Gasteiger partial charge in [0, 0.05) is 11.1 Å². The number of primary amides is 2. The van der Waals surface area contributed by atoms with Crippen molar-refractivity contribution >= 4 is 17.8 Å². The summed E-state index contributed by atoms with van der Waals surface area (Å²) in [6.45, 7) is 0. The maximum atomic E-state index is 10.6. The first-order chi connectivity index (χ1) is 8.55. The molecule has 0 bridgehead atoms. The van der Waals surface area contributed by atoms with Crippen LogP contribution in [0.4, 0.5) is 13.2 Å². The molecule has 0 radical (unpaired) electrons. The molecule has 9 heteroatoms. The van der Waals surface area contributed by atoms with Crippen molar-refractivity contribution in [3.8, 4) is 0 Å². The molecule has 0 saturated carbocycles. The van der Waals surface area contributed by atoms with Gasteiger partial charge in [-0.2, -0.15) is 13.2 Å². The lowest BCUT2D eigenvalue weighted by atomic mass is 10.1. The van der Waals surface area contributed by atoms with E-state index in [1.807, 2.05) is 0 Å². The van der Waals surface area contributed by atoms with Gasteiger partial charge in [0.1, 0.15) is 0 Å². The minimum atomic E-state index is -5.08. The van der Waals surface area contributed by atoms with E-state index in [1.165, 1.54) is 18.2 Å². The Kier molecular flexibility index (Phi) is 5.51. The van der Waals surface area contributed by atoms with Crippen LogP contribution >= 0.6 is 0 Å². The number of carboxylic acids is 1. The van der Waals surface area contributed by atoms with Crippen LogP contribution in [0, 0.1) is 0 Å². The Balaban J connectivity index is 0.000000399. The second-order valence-electron chi connectivity index (χ2n) is 3.11. The second kappa shape index (κ2) is 6.38. The number of hydrogen-bond acceptors (Lipinski definition) is 3. The van der Waals surface area contributed by atoms with Crippen molar-refractivity contribution in [3.63, 3.8) is 0 Å². The highest BCUT2D eigenvalue weighted by molar-refractivity contribution is 5.98. The highest BCUT2D eigenvalue weighted by atomic mass is 19.4. The van der Waals surface area contributed by atoms with Crippen LogP contribution in [0.2, 0.25) is 0 Å². The Hall–Kier alpha value is -2.58. The van der Waals surface area contributed by atoms with Crippen molar-refractivity contribution in [1.29, 1.82) is 0 Å². The summed E-state index contributed by atoms with van der Waals surface area (Å²) in [5, 5.41) is 7.12. The van der Waals surface area contributed by atoms with Gasteiger partial charge in [0.2, 0.25) is 11.8 Å². The molecule has 104 valence electrons. The number of carboxylic acid groups (broad SMARTS) is 1. The van der Waals surface area contributed by atoms with E-state index in [4.69, 9.17) is 21.4 Å². The average Bonchev–Trinajstić information content (AvgIpc) is 2.28. The largest absolute Gasteiger partial charge is 0.490 e. The molecule has 1 rings (SSSR count). The maximum absolute atomic E-state index is 10.6. The Morgan fingerprint density at radius 2 is 1.32 bits per heavy atom. The van der Waals surface area contributed by atoms with Gasteiger partial charge in [-0.15, -0.1) is 0 Å². The van der Waals surface area contributed by atoms with Crippen molar-refractivity contribution in [2.45, 2.75) is 6.18 Å². The summed E-state index contributed by atoms with van der Waals surface area (Å²) in [6, 6.07) is 5.97. The fourth-order valence-corrected chi connectivity index (χ4v) is 0.826. The third-order valence-electron chi connectivity index (χ3n) is 1.67. The number of nitrogens with two attached hydrogens (primary N) is 2. The zero-order valence-electron chi connectivity index (χ0n) is 9.27. The quantitative estimate of drug-likeness (QED) is 0.729. The Labute approximate surface area is 104 Å². The molecule has 2 amide bonds. The van der Waals surface area contributed by atoms with Gasteiger partial charge in [0.05, 0.1) is 0 Å². The van der Waals surface area contributed by atoms with Crippen molar-refractivity contribution in [1.82, 2.24) is 0 Å². The third kappa shape index (κ3) is 6.05. The van der Waals surface area contributed by atoms with Gasteiger partial charge in [0.25, 0.3) is 0 Å². The number of benzene rings is 1. The Morgan fingerprint density at radius 1 is 1.00 bits per heavy atom. The van der Waals surface area contributed by atoms with Gasteiger partial charge < -0.3 is 16.6 Å². The minimum absolute atomic E-state index is 0.284. The molecule has 0 aromatic heterocycles. The molecule has 0 aliphatic carbocycles. The predicted octanol–water partition coefficient (Wildman–Crippen LogP) is 0.518. The third-order valence-corrected chi connectivity index (χ3v) is 1.67. The van der Waals surface area contributed by atoms with Gasteiger partial charge >= 0.3 is 12.1 Å². The van der Waals surface area contributed by atoms with Crippen LogP contribution in [-0.4, -0.2) is 29.1 Å². The Morgan fingerprint density at radius 3 is 1.53 bits per heavy atom. The zero-order chi connectivity index (χ0) is 15.2. The highest BCUT2D eigenvalue weighted by Crippen LogP contribution is 2.13. The fraction of sp³-hybridized carbons (Fsp3) is 0.100. The van der Waals surface area contributed by atoms with E-state index >= 15 is 0 Å². The van der Waals surface area contributed by atoms with E-state index in [0.29, 0.717) is 0 Å². The molecule has 1 aromatic rings. The molecule has 0 heterocycles. The minimum Gasteiger partial charge on any atom is -0.475 e. The lowest BCUT2D eigenvalue weighted by Gasteiger charge is -1.97. The first kappa shape index (κ1) is 16.4. The summed E-state index contributed by atoms with van der Waals surface area (Å²) in [6.07, 6.45) is -5.08. The molecule has 0 aliphatic rings. The molecule has 0 aliphatic heterocycles. The van der Waals surface area contributed by atoms with Crippen LogP contribution in [0.3, 0.4) is 0 Å². The van der Waals surface area contributed by atoms with E-state index in [1.54, 1.807) is 6.07 Å². The number of alkyl halides is 3. The van der Waals surface area contributed by atoms with Crippen molar-refractivity contribution in [2.24, 2.45) is 11.5 Å². The van der Waals surface area contributed by atoms with Crippen molar-refractivity contribution in [3.05, 3.63) is 35.4 Å². The monoisotopic (exact) mass is 278 g/mol. The van der Waals surface area contributed by atoms with Crippen LogP contribution < -0.4 is 11.5 Å². The molecule has 0 atom stereocenters. The van der Waals surface area contributed by atoms with Crippen LogP contribution in [0.5, 0.6) is 0 Å². The molecule has 5 N–H and O–H groups in total. The number of amides is 2. The molecule has 0 spiro atoms. The highest BCUT2D eigenvalue weighted by Gasteiger charge is 2.38. The van der Waals surface area contributed by atoms with Crippen molar-refractivity contribution in [2.75, 3.05) is 0 Å². The number of halogens is 3. The summed E-state index contributed by atoms with van der Waals surface area (Å²) in [5.41, 5.74) is 10.6. The predicted molar refractivity (Wildman–Crippen MR) is 57.2 cm³/mol. The number of rotatable bonds is 2. The smallest absolute Gasteiger partial charge is 0.475 e. The normalized spacial score (nSPS) is 10.1. The second-order valence-corrected chi connectivity index (χ2v) is 3.11. The van der Waals surface area contributed by atoms with Crippen LogP contribution in [0.25, 0.3) is 0 Å². The summed E-state index contributed by atoms with van der Waals surface area (Å²) in [4.78, 5) is 30.2. The molecule has 0 unspecified atom stereocenters. The summed E-state index contributed by atoms with van der Waals surface area (Å²) in [5.74, 6) is -3.90. The van der Waals surface area contributed by atoms with Gasteiger partial charge in [-0.25, -0.2) is 4.79 Å². The Bertz CT molecular complexity index is 471. The fourth-order valence-electron chi connectivity index (χ4n) is 0.826. The van der Waals surface area contributed by atoms with Gasteiger partial charge in [0.15, 0.2) is 0 Å². The van der Waals surface area contributed by atoms with E-state index in [0.717, 1.165) is 0 Å². The van der Waals surface area contributed by atoms with Gasteiger partial charge in [-0.1, -0.05) is 6.07 Å². The standard InChI is InChI=1S/C8H8N2O2.C2HF3O2/c9-7(11)5-2-1-3-6(4-5)8(10)12;3-2(4,5)1(6)7/h1-4H,(H2,9,11)(H2,10,12);(H,6,7). The van der Waals surface area contributed by atoms with Crippen molar-refractivity contribution < 1.29 is 32.7 Å². The molecule has 19 heavy (non-hydrogen) atoms. The zero-order valence-corrected chi connectivity index (χ0v) is 9.27. The molecule has 6 nitrogen and oxygen atoms in total. The van der Waals surface area contributed by atoms with Gasteiger partial charge in [-0.05, 0) is 18.2 Å². The molecular formula is C10H9F3N2O4. The number of aliphatic carboxylic acids is 1. The topological polar surface area (TPSA) is 123 Å². The van der Waals surface area contributed by atoms with Crippen LogP contribution in [0.15, 0.2) is 24.3 Å². The lowest BCUT2D eigenvalue weighted by Crippen LogP contribution is -2.21. The number of carbonyl (C=O) groups is 3. The summed E-state index contributed by atoms with van der Waals surface area (Å²) in [7, 11) is 0. The first-order valence-corrected chi connectivity index (χ1v) is 4.55. The van der Waals surface area contributed by atoms with Crippen LogP contribution in [-0.2, 0) is 4.79 Å². The maximum Gasteiger partial charge on any atom is 0.490 e. The molecule has 1 aromatic carbocycles.